The van der Waals surface area contributed by atoms with Crippen LogP contribution in [0.3, 0.4) is 0 Å². The molecular weight excluding hydrogens is 308 g/mol. The molecule has 0 heterocycles. The van der Waals surface area contributed by atoms with Crippen molar-refractivity contribution < 1.29 is 0 Å². The topological polar surface area (TPSA) is 6.48 Å². The van der Waals surface area contributed by atoms with Gasteiger partial charge in [0.1, 0.15) is 4.99 Å². The Morgan fingerprint density at radius 1 is 0.818 bits per heavy atom. The van der Waals surface area contributed by atoms with E-state index in [-0.39, 0.29) is 0 Å². The normalized spacial score (nSPS) is 10.1. The summed E-state index contributed by atoms with van der Waals surface area (Å²) >= 11 is 11.4. The number of hydrogen-bond donors (Lipinski definition) is 0. The van der Waals surface area contributed by atoms with Gasteiger partial charge in [0.05, 0.1) is 0 Å². The molecule has 0 aliphatic heterocycles. The summed E-state index contributed by atoms with van der Waals surface area (Å²) < 4.78 is 0. The summed E-state index contributed by atoms with van der Waals surface area (Å²) in [5, 5.41) is 0.741. The van der Waals surface area contributed by atoms with Crippen molar-refractivity contribution in [1.29, 1.82) is 0 Å². The average molecular weight is 329 g/mol. The Hall–Kier alpha value is -1.78. The van der Waals surface area contributed by atoms with Crippen molar-refractivity contribution in [3.8, 4) is 0 Å². The van der Waals surface area contributed by atoms with Gasteiger partial charge in [0, 0.05) is 24.3 Å². The van der Waals surface area contributed by atoms with Crippen LogP contribution in [0.4, 0.5) is 5.69 Å². The highest BCUT2D eigenvalue weighted by atomic mass is 32.1. The number of hydrogen-bond acceptors (Lipinski definition) is 2. The summed E-state index contributed by atoms with van der Waals surface area (Å²) in [6, 6.07) is 20.1. The molecule has 0 unspecified atom stereocenters. The number of nitrogens with zero attached hydrogens (tertiary/aromatic N) is 2. The molecule has 0 amide bonds. The second-order valence-corrected chi connectivity index (χ2v) is 5.55. The Labute approximate surface area is 143 Å². The van der Waals surface area contributed by atoms with Gasteiger partial charge >= 0.3 is 0 Å². The van der Waals surface area contributed by atoms with Crippen LogP contribution in [-0.4, -0.2) is 28.1 Å². The molecular formula is C18H20N2S2. The van der Waals surface area contributed by atoms with E-state index in [1.165, 1.54) is 0 Å². The van der Waals surface area contributed by atoms with Crippen molar-refractivity contribution in [2.24, 2.45) is 0 Å². The summed E-state index contributed by atoms with van der Waals surface area (Å²) in [6.45, 7) is 5.92. The summed E-state index contributed by atoms with van der Waals surface area (Å²) in [4.78, 5) is 4.84. The van der Waals surface area contributed by atoms with E-state index in [0.717, 1.165) is 34.4 Å². The van der Waals surface area contributed by atoms with Gasteiger partial charge in [0.15, 0.2) is 5.11 Å². The quantitative estimate of drug-likeness (QED) is 0.762. The van der Waals surface area contributed by atoms with E-state index in [2.05, 4.69) is 18.7 Å². The van der Waals surface area contributed by atoms with E-state index in [1.807, 2.05) is 65.6 Å². The van der Waals surface area contributed by atoms with Gasteiger partial charge in [-0.25, -0.2) is 0 Å². The third kappa shape index (κ3) is 3.70. The molecule has 0 atom stereocenters. The largest absolute Gasteiger partial charge is 0.349 e. The lowest BCUT2D eigenvalue weighted by atomic mass is 10.2. The van der Waals surface area contributed by atoms with Crippen LogP contribution in [0.25, 0.3) is 0 Å². The van der Waals surface area contributed by atoms with Gasteiger partial charge < -0.3 is 4.90 Å². The predicted octanol–water partition coefficient (Wildman–Crippen LogP) is 4.50. The minimum atomic E-state index is 0.726. The van der Waals surface area contributed by atoms with Crippen LogP contribution in [0.1, 0.15) is 19.4 Å². The molecule has 0 aliphatic rings. The van der Waals surface area contributed by atoms with Gasteiger partial charge in [-0.05, 0) is 38.2 Å². The lowest BCUT2D eigenvalue weighted by Crippen LogP contribution is -2.46. The first kappa shape index (κ1) is 16.6. The predicted molar refractivity (Wildman–Crippen MR) is 103 cm³/mol. The second kappa shape index (κ2) is 8.01. The maximum absolute atomic E-state index is 5.73. The van der Waals surface area contributed by atoms with E-state index < -0.39 is 0 Å². The van der Waals surface area contributed by atoms with Crippen molar-refractivity contribution in [2.45, 2.75) is 13.8 Å². The first-order valence-corrected chi connectivity index (χ1v) is 8.24. The molecule has 0 spiro atoms. The number of para-hydroxylation sites is 1. The monoisotopic (exact) mass is 328 g/mol. The molecule has 2 aromatic rings. The zero-order chi connectivity index (χ0) is 15.9. The first-order chi connectivity index (χ1) is 10.7. The van der Waals surface area contributed by atoms with Gasteiger partial charge in [-0.15, -0.1) is 0 Å². The maximum Gasteiger partial charge on any atom is 0.181 e. The number of thiocarbonyl (C=S) groups is 2. The van der Waals surface area contributed by atoms with Gasteiger partial charge in [-0.1, -0.05) is 60.7 Å². The molecule has 0 bridgehead atoms. The molecule has 0 fully saturated rings. The highest BCUT2D eigenvalue weighted by molar-refractivity contribution is 7.82. The van der Waals surface area contributed by atoms with E-state index in [0.29, 0.717) is 0 Å². The smallest absolute Gasteiger partial charge is 0.181 e. The molecule has 114 valence electrons. The molecule has 0 aromatic heterocycles. The third-order valence-electron chi connectivity index (χ3n) is 3.46. The summed E-state index contributed by atoms with van der Waals surface area (Å²) in [5.41, 5.74) is 1.99. The second-order valence-electron chi connectivity index (χ2n) is 4.80. The van der Waals surface area contributed by atoms with Crippen LogP contribution in [0.15, 0.2) is 60.7 Å². The molecule has 4 heteroatoms. The van der Waals surface area contributed by atoms with Crippen molar-refractivity contribution >= 4 is 40.2 Å². The fourth-order valence-corrected chi connectivity index (χ4v) is 3.08. The molecule has 0 saturated carbocycles. The molecule has 0 N–H and O–H groups in total. The minimum Gasteiger partial charge on any atom is -0.349 e. The van der Waals surface area contributed by atoms with Gasteiger partial charge in [-0.3, -0.25) is 4.90 Å². The van der Waals surface area contributed by atoms with Crippen molar-refractivity contribution in [1.82, 2.24) is 4.90 Å². The fourth-order valence-electron chi connectivity index (χ4n) is 2.24. The van der Waals surface area contributed by atoms with Crippen molar-refractivity contribution in [3.63, 3.8) is 0 Å². The van der Waals surface area contributed by atoms with Gasteiger partial charge in [0.2, 0.25) is 0 Å². The molecule has 2 aromatic carbocycles. The van der Waals surface area contributed by atoms with Crippen LogP contribution in [-0.2, 0) is 0 Å². The fraction of sp³-hybridized carbons (Fsp3) is 0.222. The minimum absolute atomic E-state index is 0.726. The zero-order valence-electron chi connectivity index (χ0n) is 12.9. The molecule has 2 rings (SSSR count). The lowest BCUT2D eigenvalue weighted by molar-refractivity contribution is 0.469. The van der Waals surface area contributed by atoms with Crippen molar-refractivity contribution in [3.05, 3.63) is 66.2 Å². The van der Waals surface area contributed by atoms with Crippen LogP contribution >= 0.6 is 24.4 Å². The Bertz CT molecular complexity index is 622. The van der Waals surface area contributed by atoms with Crippen LogP contribution in [0, 0.1) is 0 Å². The highest BCUT2D eigenvalue weighted by Crippen LogP contribution is 2.20. The summed E-state index contributed by atoms with van der Waals surface area (Å²) in [7, 11) is 0. The third-order valence-corrected chi connectivity index (χ3v) is 4.32. The van der Waals surface area contributed by atoms with Crippen LogP contribution < -0.4 is 4.90 Å². The average Bonchev–Trinajstić information content (AvgIpc) is 2.58. The molecule has 22 heavy (non-hydrogen) atoms. The Balaban J connectivity index is 2.42. The highest BCUT2D eigenvalue weighted by Gasteiger charge is 2.21. The van der Waals surface area contributed by atoms with Crippen LogP contribution in [0.5, 0.6) is 0 Å². The number of rotatable bonds is 4. The SMILES string of the molecule is CCN(CC)C(=S)N(C(=S)c1ccccc1)c1ccccc1. The Morgan fingerprint density at radius 2 is 1.32 bits per heavy atom. The van der Waals surface area contributed by atoms with Gasteiger partial charge in [-0.2, -0.15) is 0 Å². The maximum atomic E-state index is 5.73. The number of anilines is 1. The molecule has 0 saturated heterocycles. The zero-order valence-corrected chi connectivity index (χ0v) is 14.5. The molecule has 2 nitrogen and oxygen atoms in total. The first-order valence-electron chi connectivity index (χ1n) is 7.42. The Kier molecular flexibility index (Phi) is 6.04. The Morgan fingerprint density at radius 3 is 1.82 bits per heavy atom. The van der Waals surface area contributed by atoms with Crippen LogP contribution in [0.2, 0.25) is 0 Å². The van der Waals surface area contributed by atoms with E-state index in [9.17, 15) is 0 Å². The van der Waals surface area contributed by atoms with E-state index >= 15 is 0 Å². The molecule has 0 aliphatic carbocycles. The standard InChI is InChI=1S/C18H20N2S2/c1-3-19(4-2)18(22)20(16-13-9-6-10-14-16)17(21)15-11-7-5-8-12-15/h5-14H,3-4H2,1-2H3. The van der Waals surface area contributed by atoms with Crippen molar-refractivity contribution in [2.75, 3.05) is 18.0 Å². The lowest BCUT2D eigenvalue weighted by Gasteiger charge is -2.32. The summed E-state index contributed by atoms with van der Waals surface area (Å²) in [5.74, 6) is 0. The summed E-state index contributed by atoms with van der Waals surface area (Å²) in [6.07, 6.45) is 0. The van der Waals surface area contributed by atoms with E-state index in [4.69, 9.17) is 24.4 Å². The number of benzene rings is 2. The molecule has 0 radical (unpaired) electrons. The van der Waals surface area contributed by atoms with E-state index in [1.54, 1.807) is 0 Å². The van der Waals surface area contributed by atoms with Gasteiger partial charge in [0.25, 0.3) is 0 Å².